The first kappa shape index (κ1) is 11.0. The van der Waals surface area contributed by atoms with Crippen molar-refractivity contribution < 1.29 is 4.79 Å². The normalized spacial score (nSPS) is 36.3. The maximum Gasteiger partial charge on any atom is 0.123 e. The Kier molecular flexibility index (Phi) is 2.55. The van der Waals surface area contributed by atoms with Crippen LogP contribution in [0, 0.1) is 17.3 Å². The third kappa shape index (κ3) is 1.81. The van der Waals surface area contributed by atoms with E-state index in [2.05, 4.69) is 42.2 Å². The quantitative estimate of drug-likeness (QED) is 0.741. The summed E-state index contributed by atoms with van der Waals surface area (Å²) in [6.07, 6.45) is 2.28. The highest BCUT2D eigenvalue weighted by molar-refractivity contribution is 5.61. The summed E-state index contributed by atoms with van der Waals surface area (Å²) >= 11 is 0. The Hall–Kier alpha value is -1.15. The van der Waals surface area contributed by atoms with Crippen molar-refractivity contribution >= 4 is 6.29 Å². The Morgan fingerprint density at radius 3 is 2.82 bits per heavy atom. The number of rotatable bonds is 3. The molecule has 2 fully saturated rings. The average molecular weight is 229 g/mol. The van der Waals surface area contributed by atoms with Crippen LogP contribution >= 0.6 is 0 Å². The standard InChI is InChI=1S/C15H19NO/c1-12-8-16(9-13-5-3-2-4-6-13)11-15(12)7-14(15)10-17/h2-6,10,12,14H,7-9,11H2,1H3/t12-,14-,15?/m0/s1. The van der Waals surface area contributed by atoms with Crippen LogP contribution in [0.15, 0.2) is 30.3 Å². The molecular formula is C15H19NO. The summed E-state index contributed by atoms with van der Waals surface area (Å²) in [7, 11) is 0. The molecule has 0 aromatic heterocycles. The molecule has 90 valence electrons. The van der Waals surface area contributed by atoms with E-state index in [-0.39, 0.29) is 0 Å². The third-order valence-electron chi connectivity index (χ3n) is 4.62. The zero-order valence-electron chi connectivity index (χ0n) is 10.3. The summed E-state index contributed by atoms with van der Waals surface area (Å²) in [5.74, 6) is 1.000. The van der Waals surface area contributed by atoms with Gasteiger partial charge in [0.25, 0.3) is 0 Å². The molecule has 0 bridgehead atoms. The van der Waals surface area contributed by atoms with Gasteiger partial charge in [0.2, 0.25) is 0 Å². The number of likely N-dealkylation sites (tertiary alicyclic amines) is 1. The van der Waals surface area contributed by atoms with Gasteiger partial charge in [-0.25, -0.2) is 0 Å². The van der Waals surface area contributed by atoms with E-state index < -0.39 is 0 Å². The molecule has 0 amide bonds. The van der Waals surface area contributed by atoms with Crippen LogP contribution in [0.4, 0.5) is 0 Å². The van der Waals surface area contributed by atoms with Gasteiger partial charge in [0, 0.05) is 25.6 Å². The van der Waals surface area contributed by atoms with Gasteiger partial charge < -0.3 is 4.79 Å². The van der Waals surface area contributed by atoms with Gasteiger partial charge in [-0.1, -0.05) is 37.3 Å². The Bertz CT molecular complexity index is 416. The van der Waals surface area contributed by atoms with E-state index in [0.29, 0.717) is 17.3 Å². The molecule has 17 heavy (non-hydrogen) atoms. The van der Waals surface area contributed by atoms with E-state index in [0.717, 1.165) is 26.1 Å². The molecule has 1 heterocycles. The lowest BCUT2D eigenvalue weighted by Crippen LogP contribution is -2.21. The van der Waals surface area contributed by atoms with E-state index >= 15 is 0 Å². The highest BCUT2D eigenvalue weighted by Crippen LogP contribution is 2.60. The molecule has 1 unspecified atom stereocenters. The van der Waals surface area contributed by atoms with Crippen LogP contribution in [0.3, 0.4) is 0 Å². The minimum absolute atomic E-state index is 0.330. The number of aldehydes is 1. The van der Waals surface area contributed by atoms with Crippen LogP contribution in [0.25, 0.3) is 0 Å². The molecule has 2 nitrogen and oxygen atoms in total. The molecule has 1 spiro atoms. The van der Waals surface area contributed by atoms with Crippen molar-refractivity contribution in [2.75, 3.05) is 13.1 Å². The van der Waals surface area contributed by atoms with Crippen LogP contribution in [0.1, 0.15) is 18.9 Å². The smallest absolute Gasteiger partial charge is 0.123 e. The predicted molar refractivity (Wildman–Crippen MR) is 67.5 cm³/mol. The molecule has 3 atom stereocenters. The van der Waals surface area contributed by atoms with Crippen molar-refractivity contribution in [3.8, 4) is 0 Å². The number of benzene rings is 1. The zero-order valence-corrected chi connectivity index (χ0v) is 10.3. The van der Waals surface area contributed by atoms with Gasteiger partial charge in [-0.2, -0.15) is 0 Å². The summed E-state index contributed by atoms with van der Waals surface area (Å²) in [4.78, 5) is 13.4. The van der Waals surface area contributed by atoms with E-state index in [1.165, 1.54) is 11.8 Å². The fourth-order valence-corrected chi connectivity index (χ4v) is 3.45. The molecule has 1 aromatic rings. The fraction of sp³-hybridized carbons (Fsp3) is 0.533. The molecule has 0 N–H and O–H groups in total. The second-order valence-corrected chi connectivity index (χ2v) is 5.74. The van der Waals surface area contributed by atoms with E-state index in [9.17, 15) is 4.79 Å². The number of carbonyl (C=O) groups is 1. The fourth-order valence-electron chi connectivity index (χ4n) is 3.45. The minimum atomic E-state index is 0.330. The first-order chi connectivity index (χ1) is 8.24. The predicted octanol–water partition coefficient (Wildman–Crippen LogP) is 2.34. The molecule has 2 heteroatoms. The van der Waals surface area contributed by atoms with Gasteiger partial charge in [-0.3, -0.25) is 4.90 Å². The largest absolute Gasteiger partial charge is 0.303 e. The topological polar surface area (TPSA) is 20.3 Å². The Morgan fingerprint density at radius 1 is 1.41 bits per heavy atom. The van der Waals surface area contributed by atoms with Gasteiger partial charge in [-0.15, -0.1) is 0 Å². The molecule has 1 aliphatic carbocycles. The first-order valence-electron chi connectivity index (χ1n) is 6.46. The molecular weight excluding hydrogens is 210 g/mol. The molecule has 1 saturated carbocycles. The SMILES string of the molecule is C[C@H]1CN(Cc2ccccc2)CC12C[C@H]2C=O. The zero-order chi connectivity index (χ0) is 11.9. The molecule has 1 aromatic carbocycles. The summed E-state index contributed by atoms with van der Waals surface area (Å²) in [6.45, 7) is 5.57. The van der Waals surface area contributed by atoms with Crippen LogP contribution in [-0.2, 0) is 11.3 Å². The van der Waals surface area contributed by atoms with E-state index in [1.807, 2.05) is 0 Å². The summed E-state index contributed by atoms with van der Waals surface area (Å²) in [5, 5.41) is 0. The second kappa shape index (κ2) is 3.95. The monoisotopic (exact) mass is 229 g/mol. The van der Waals surface area contributed by atoms with E-state index in [4.69, 9.17) is 0 Å². The lowest BCUT2D eigenvalue weighted by molar-refractivity contribution is -0.109. The molecule has 1 aliphatic heterocycles. The number of hydrogen-bond donors (Lipinski definition) is 0. The van der Waals surface area contributed by atoms with Gasteiger partial charge >= 0.3 is 0 Å². The van der Waals surface area contributed by atoms with Crippen LogP contribution in [0.5, 0.6) is 0 Å². The third-order valence-corrected chi connectivity index (χ3v) is 4.62. The van der Waals surface area contributed by atoms with Gasteiger partial charge in [0.15, 0.2) is 0 Å². The van der Waals surface area contributed by atoms with Crippen molar-refractivity contribution in [1.29, 1.82) is 0 Å². The number of hydrogen-bond acceptors (Lipinski definition) is 2. The van der Waals surface area contributed by atoms with Gasteiger partial charge in [0.1, 0.15) is 6.29 Å². The average Bonchev–Trinajstić information content (AvgIpc) is 2.96. The molecule has 1 saturated heterocycles. The summed E-state index contributed by atoms with van der Waals surface area (Å²) in [5.41, 5.74) is 1.70. The lowest BCUT2D eigenvalue weighted by atomic mass is 9.92. The van der Waals surface area contributed by atoms with Crippen LogP contribution < -0.4 is 0 Å². The highest BCUT2D eigenvalue weighted by Gasteiger charge is 2.61. The highest BCUT2D eigenvalue weighted by atomic mass is 16.1. The lowest BCUT2D eigenvalue weighted by Gasteiger charge is -2.15. The van der Waals surface area contributed by atoms with Crippen molar-refractivity contribution in [3.05, 3.63) is 35.9 Å². The number of nitrogens with zero attached hydrogens (tertiary/aromatic N) is 1. The van der Waals surface area contributed by atoms with Gasteiger partial charge in [-0.05, 0) is 23.3 Å². The van der Waals surface area contributed by atoms with Crippen molar-refractivity contribution in [2.24, 2.45) is 17.3 Å². The summed E-state index contributed by atoms with van der Waals surface area (Å²) in [6, 6.07) is 10.6. The van der Waals surface area contributed by atoms with Crippen molar-refractivity contribution in [3.63, 3.8) is 0 Å². The summed E-state index contributed by atoms with van der Waals surface area (Å²) < 4.78 is 0. The van der Waals surface area contributed by atoms with Crippen LogP contribution in [0.2, 0.25) is 0 Å². The van der Waals surface area contributed by atoms with E-state index in [1.54, 1.807) is 0 Å². The molecule has 0 radical (unpaired) electrons. The number of carbonyl (C=O) groups excluding carboxylic acids is 1. The van der Waals surface area contributed by atoms with Crippen molar-refractivity contribution in [1.82, 2.24) is 4.90 Å². The Labute approximate surface area is 103 Å². The van der Waals surface area contributed by atoms with Crippen LogP contribution in [-0.4, -0.2) is 24.3 Å². The second-order valence-electron chi connectivity index (χ2n) is 5.74. The Balaban J connectivity index is 1.67. The molecule has 2 aliphatic rings. The molecule has 3 rings (SSSR count). The maximum absolute atomic E-state index is 10.9. The Morgan fingerprint density at radius 2 is 2.18 bits per heavy atom. The minimum Gasteiger partial charge on any atom is -0.303 e. The van der Waals surface area contributed by atoms with Crippen molar-refractivity contribution in [2.45, 2.75) is 19.9 Å². The van der Waals surface area contributed by atoms with Gasteiger partial charge in [0.05, 0.1) is 0 Å². The first-order valence-corrected chi connectivity index (χ1v) is 6.46. The maximum atomic E-state index is 10.9.